The van der Waals surface area contributed by atoms with Crippen molar-refractivity contribution < 1.29 is 9.53 Å². The Hall–Kier alpha value is -3.07. The van der Waals surface area contributed by atoms with Crippen LogP contribution in [-0.4, -0.2) is 5.78 Å². The molecule has 0 saturated heterocycles. The van der Waals surface area contributed by atoms with E-state index in [1.54, 1.807) is 12.2 Å². The molecule has 0 aromatic heterocycles. The van der Waals surface area contributed by atoms with Crippen molar-refractivity contribution >= 4 is 17.2 Å². The first-order valence-corrected chi connectivity index (χ1v) is 8.06. The summed E-state index contributed by atoms with van der Waals surface area (Å²) in [5.74, 6) is 0.808. The summed E-state index contributed by atoms with van der Waals surface area (Å²) in [6.45, 7) is 0. The number of hydrogen-bond donors (Lipinski definition) is 0. The molecule has 0 fully saturated rings. The fourth-order valence-electron chi connectivity index (χ4n) is 3.64. The molecule has 116 valence electrons. The number of carbonyl (C=O) groups is 1. The molecule has 3 nitrogen and oxygen atoms in total. The average Bonchev–Trinajstić information content (AvgIpc) is 2.64. The highest BCUT2D eigenvalue weighted by Gasteiger charge is 2.42. The number of carbonyl (C=O) groups excluding carboxylic acids is 1. The van der Waals surface area contributed by atoms with Crippen LogP contribution in [0.1, 0.15) is 11.1 Å². The van der Waals surface area contributed by atoms with Crippen LogP contribution in [0.3, 0.4) is 0 Å². The number of nitrogens with zero attached hydrogens (tertiary/aromatic N) is 1. The van der Waals surface area contributed by atoms with E-state index >= 15 is 0 Å². The van der Waals surface area contributed by atoms with Gasteiger partial charge in [-0.25, -0.2) is 0 Å². The molecule has 1 spiro atoms. The van der Waals surface area contributed by atoms with Crippen molar-refractivity contribution in [3.05, 3.63) is 95.9 Å². The van der Waals surface area contributed by atoms with Gasteiger partial charge in [-0.1, -0.05) is 36.4 Å². The van der Waals surface area contributed by atoms with Crippen molar-refractivity contribution in [3.8, 4) is 0 Å². The number of benzene rings is 2. The predicted octanol–water partition coefficient (Wildman–Crippen LogP) is 4.14. The normalized spacial score (nSPS) is 19.2. The van der Waals surface area contributed by atoms with Crippen molar-refractivity contribution in [2.45, 2.75) is 12.0 Å². The molecule has 5 rings (SSSR count). The minimum Gasteiger partial charge on any atom is -0.459 e. The fourth-order valence-corrected chi connectivity index (χ4v) is 3.64. The number of allylic oxidation sites excluding steroid dienone is 3. The maximum atomic E-state index is 11.6. The Morgan fingerprint density at radius 3 is 2.46 bits per heavy atom. The maximum Gasteiger partial charge on any atom is 0.196 e. The van der Waals surface area contributed by atoms with E-state index in [9.17, 15) is 4.79 Å². The second-order valence-corrected chi connectivity index (χ2v) is 6.19. The van der Waals surface area contributed by atoms with E-state index in [0.717, 1.165) is 29.2 Å². The Kier molecular flexibility index (Phi) is 2.63. The van der Waals surface area contributed by atoms with Gasteiger partial charge in [0.15, 0.2) is 17.3 Å². The molecule has 0 unspecified atom stereocenters. The van der Waals surface area contributed by atoms with Gasteiger partial charge in [0, 0.05) is 5.56 Å². The van der Waals surface area contributed by atoms with E-state index in [0.29, 0.717) is 0 Å². The molecule has 1 aliphatic carbocycles. The summed E-state index contributed by atoms with van der Waals surface area (Å²) in [6.07, 6.45) is 9.83. The smallest absolute Gasteiger partial charge is 0.196 e. The van der Waals surface area contributed by atoms with Gasteiger partial charge in [0.05, 0.1) is 11.4 Å². The van der Waals surface area contributed by atoms with Crippen molar-refractivity contribution in [1.82, 2.24) is 0 Å². The van der Waals surface area contributed by atoms with Gasteiger partial charge < -0.3 is 4.74 Å². The highest BCUT2D eigenvalue weighted by Crippen LogP contribution is 2.49. The molecule has 2 heterocycles. The third-order valence-corrected chi connectivity index (χ3v) is 4.78. The lowest BCUT2D eigenvalue weighted by Crippen LogP contribution is -2.39. The minimum atomic E-state index is -0.709. The lowest BCUT2D eigenvalue weighted by atomic mass is 9.85. The largest absolute Gasteiger partial charge is 0.459 e. The molecule has 3 heteroatoms. The summed E-state index contributed by atoms with van der Waals surface area (Å²) in [6, 6.07) is 16.6. The Bertz CT molecular complexity index is 936. The van der Waals surface area contributed by atoms with E-state index in [4.69, 9.17) is 4.74 Å². The van der Waals surface area contributed by atoms with Gasteiger partial charge in [-0.2, -0.15) is 0 Å². The second kappa shape index (κ2) is 4.71. The summed E-state index contributed by atoms with van der Waals surface area (Å²) in [5, 5.41) is 0. The number of para-hydroxylation sites is 2. The second-order valence-electron chi connectivity index (χ2n) is 6.19. The fraction of sp³-hybridized carbons (Fsp3) is 0.0952. The van der Waals surface area contributed by atoms with Gasteiger partial charge in [0.25, 0.3) is 0 Å². The molecule has 3 aliphatic rings. The molecular weight excluding hydrogens is 298 g/mol. The molecule has 0 bridgehead atoms. The Morgan fingerprint density at radius 2 is 1.62 bits per heavy atom. The van der Waals surface area contributed by atoms with Gasteiger partial charge in [-0.15, -0.1) is 0 Å². The van der Waals surface area contributed by atoms with Gasteiger partial charge >= 0.3 is 0 Å². The number of anilines is 2. The van der Waals surface area contributed by atoms with Crippen LogP contribution in [0.5, 0.6) is 0 Å². The summed E-state index contributed by atoms with van der Waals surface area (Å²) in [7, 11) is 0. The van der Waals surface area contributed by atoms with Gasteiger partial charge in [-0.05, 0) is 54.5 Å². The molecule has 0 amide bonds. The van der Waals surface area contributed by atoms with Gasteiger partial charge in [0.1, 0.15) is 0 Å². The molecule has 0 radical (unpaired) electrons. The molecule has 2 aromatic rings. The van der Waals surface area contributed by atoms with E-state index in [2.05, 4.69) is 41.3 Å². The van der Waals surface area contributed by atoms with E-state index in [1.807, 2.05) is 30.4 Å². The zero-order valence-electron chi connectivity index (χ0n) is 13.0. The summed E-state index contributed by atoms with van der Waals surface area (Å²) < 4.78 is 6.41. The molecule has 24 heavy (non-hydrogen) atoms. The van der Waals surface area contributed by atoms with Gasteiger partial charge in [-0.3, -0.25) is 9.69 Å². The Balaban J connectivity index is 1.76. The molecule has 0 saturated carbocycles. The van der Waals surface area contributed by atoms with Crippen LogP contribution in [0.15, 0.2) is 84.8 Å². The van der Waals surface area contributed by atoms with E-state index < -0.39 is 5.60 Å². The quantitative estimate of drug-likeness (QED) is 0.732. The molecule has 2 aliphatic heterocycles. The third kappa shape index (κ3) is 1.75. The van der Waals surface area contributed by atoms with E-state index in [-0.39, 0.29) is 5.78 Å². The first kappa shape index (κ1) is 13.4. The Labute approximate surface area is 140 Å². The highest BCUT2D eigenvalue weighted by atomic mass is 16.5. The minimum absolute atomic E-state index is 0.00731. The van der Waals surface area contributed by atoms with Crippen LogP contribution in [0.4, 0.5) is 11.4 Å². The topological polar surface area (TPSA) is 29.5 Å². The maximum absolute atomic E-state index is 11.6. The number of rotatable bonds is 0. The zero-order valence-corrected chi connectivity index (χ0v) is 13.0. The predicted molar refractivity (Wildman–Crippen MR) is 92.9 cm³/mol. The number of ether oxygens (including phenoxy) is 1. The molecular formula is C21H15NO2. The third-order valence-electron chi connectivity index (χ3n) is 4.78. The molecule has 0 N–H and O–H groups in total. The standard InChI is InChI=1S/C21H15NO2/c23-16-11-13-21(14-12-16)17-6-2-4-8-19(17)22-18-7-3-1-5-15(18)9-10-20(22)24-21/h1-8,10-14H,9H2. The SMILES string of the molecule is O=C1C=CC2(C=C1)OC1=CCc3ccccc3N1c1ccccc12. The van der Waals surface area contributed by atoms with Crippen LogP contribution < -0.4 is 4.90 Å². The number of fused-ring (bicyclic) bond motifs is 6. The first-order chi connectivity index (χ1) is 11.8. The van der Waals surface area contributed by atoms with Crippen LogP contribution in [0, 0.1) is 0 Å². The Morgan fingerprint density at radius 1 is 0.917 bits per heavy atom. The zero-order chi connectivity index (χ0) is 16.1. The molecule has 2 aromatic carbocycles. The summed E-state index contributed by atoms with van der Waals surface area (Å²) in [4.78, 5) is 13.8. The van der Waals surface area contributed by atoms with Crippen LogP contribution in [0.25, 0.3) is 0 Å². The lowest BCUT2D eigenvalue weighted by Gasteiger charge is -2.45. The summed E-state index contributed by atoms with van der Waals surface area (Å²) in [5.41, 5.74) is 3.85. The highest BCUT2D eigenvalue weighted by molar-refractivity contribution is 6.01. The number of hydrogen-bond acceptors (Lipinski definition) is 3. The summed E-state index contributed by atoms with van der Waals surface area (Å²) >= 11 is 0. The molecule has 0 atom stereocenters. The van der Waals surface area contributed by atoms with Crippen LogP contribution in [0.2, 0.25) is 0 Å². The van der Waals surface area contributed by atoms with Crippen LogP contribution in [-0.2, 0) is 21.6 Å². The van der Waals surface area contributed by atoms with Crippen molar-refractivity contribution in [2.24, 2.45) is 0 Å². The lowest BCUT2D eigenvalue weighted by molar-refractivity contribution is -0.110. The van der Waals surface area contributed by atoms with Crippen molar-refractivity contribution in [3.63, 3.8) is 0 Å². The number of ketones is 1. The average molecular weight is 313 g/mol. The van der Waals surface area contributed by atoms with Crippen molar-refractivity contribution in [1.29, 1.82) is 0 Å². The van der Waals surface area contributed by atoms with Crippen molar-refractivity contribution in [2.75, 3.05) is 4.90 Å². The van der Waals surface area contributed by atoms with E-state index in [1.165, 1.54) is 5.56 Å². The first-order valence-electron chi connectivity index (χ1n) is 8.06. The monoisotopic (exact) mass is 313 g/mol. The van der Waals surface area contributed by atoms with Gasteiger partial charge in [0.2, 0.25) is 0 Å². The van der Waals surface area contributed by atoms with Crippen LogP contribution >= 0.6 is 0 Å².